The van der Waals surface area contributed by atoms with Crippen LogP contribution in [0.15, 0.2) is 42.5 Å². The monoisotopic (exact) mass is 414 g/mol. The molecule has 2 amide bonds. The molecule has 0 bridgehead atoms. The number of para-hydroxylation sites is 1. The second-order valence-corrected chi connectivity index (χ2v) is 7.11. The molecule has 1 unspecified atom stereocenters. The van der Waals surface area contributed by atoms with Crippen LogP contribution in [0.2, 0.25) is 15.1 Å². The van der Waals surface area contributed by atoms with E-state index in [4.69, 9.17) is 34.8 Å². The first-order chi connectivity index (χ1) is 12.3. The van der Waals surface area contributed by atoms with Crippen LogP contribution in [-0.2, 0) is 16.1 Å². The zero-order valence-electron chi connectivity index (χ0n) is 14.1. The number of likely N-dealkylation sites (N-methyl/N-ethyl adjacent to an activating group) is 1. The van der Waals surface area contributed by atoms with Crippen LogP contribution < -0.4 is 15.5 Å². The van der Waals surface area contributed by atoms with E-state index in [1.165, 1.54) is 0 Å². The van der Waals surface area contributed by atoms with Gasteiger partial charge in [0.25, 0.3) is 11.8 Å². The fourth-order valence-corrected chi connectivity index (χ4v) is 2.89. The van der Waals surface area contributed by atoms with Gasteiger partial charge < -0.3 is 15.5 Å². The van der Waals surface area contributed by atoms with E-state index < -0.39 is 0 Å². The number of nitrogens with one attached hydrogen (secondary N) is 3. The number of halogens is 3. The van der Waals surface area contributed by atoms with Gasteiger partial charge in [0.05, 0.1) is 22.8 Å². The normalized spacial score (nSPS) is 11.7. The van der Waals surface area contributed by atoms with Crippen LogP contribution >= 0.6 is 34.8 Å². The van der Waals surface area contributed by atoms with Crippen LogP contribution in [0.25, 0.3) is 0 Å². The summed E-state index contributed by atoms with van der Waals surface area (Å²) >= 11 is 17.9. The number of anilines is 1. The van der Waals surface area contributed by atoms with Crippen molar-refractivity contribution in [3.05, 3.63) is 63.1 Å². The van der Waals surface area contributed by atoms with Gasteiger partial charge in [-0.15, -0.1) is 0 Å². The fourth-order valence-electron chi connectivity index (χ4n) is 2.28. The summed E-state index contributed by atoms with van der Waals surface area (Å²) in [6.07, 6.45) is 0. The Morgan fingerprint density at radius 3 is 2.12 bits per heavy atom. The van der Waals surface area contributed by atoms with Crippen molar-refractivity contribution >= 4 is 52.3 Å². The Kier molecular flexibility index (Phi) is 7.72. The standard InChI is InChI=1S/C18H18Cl3N3O2/c1-24(10-16(25)22-9-12-5-7-13(19)8-6-12)11-17(26)23-18-14(20)3-2-4-15(18)21/h2-8H,9-11H2,1H3,(H,22,25)(H,23,26)/p+1. The summed E-state index contributed by atoms with van der Waals surface area (Å²) < 4.78 is 0. The summed E-state index contributed by atoms with van der Waals surface area (Å²) in [7, 11) is 1.76. The quantitative estimate of drug-likeness (QED) is 0.650. The predicted octanol–water partition coefficient (Wildman–Crippen LogP) is 2.42. The summed E-state index contributed by atoms with van der Waals surface area (Å²) in [6.45, 7) is 0.678. The summed E-state index contributed by atoms with van der Waals surface area (Å²) in [5.41, 5.74) is 1.33. The van der Waals surface area contributed by atoms with Crippen molar-refractivity contribution in [3.8, 4) is 0 Å². The Hall–Kier alpha value is -1.79. The minimum Gasteiger partial charge on any atom is -0.347 e. The van der Waals surface area contributed by atoms with Crippen LogP contribution in [0, 0.1) is 0 Å². The fraction of sp³-hybridized carbons (Fsp3) is 0.222. The lowest BCUT2D eigenvalue weighted by Gasteiger charge is -2.14. The molecule has 0 aliphatic rings. The first-order valence-corrected chi connectivity index (χ1v) is 9.05. The molecule has 2 aromatic rings. The van der Waals surface area contributed by atoms with Gasteiger partial charge in [0.15, 0.2) is 13.1 Å². The van der Waals surface area contributed by atoms with Gasteiger partial charge in [0.2, 0.25) is 0 Å². The van der Waals surface area contributed by atoms with Crippen molar-refractivity contribution in [3.63, 3.8) is 0 Å². The number of carbonyl (C=O) groups excluding carboxylic acids is 2. The SMILES string of the molecule is C[NH+](CC(=O)NCc1ccc(Cl)cc1)CC(=O)Nc1c(Cl)cccc1Cl. The molecule has 0 saturated carbocycles. The van der Waals surface area contributed by atoms with E-state index in [9.17, 15) is 9.59 Å². The number of rotatable bonds is 7. The Morgan fingerprint density at radius 1 is 0.923 bits per heavy atom. The van der Waals surface area contributed by atoms with Crippen molar-refractivity contribution in [2.75, 3.05) is 25.5 Å². The lowest BCUT2D eigenvalue weighted by molar-refractivity contribution is -0.862. The molecule has 2 aromatic carbocycles. The molecular weight excluding hydrogens is 397 g/mol. The maximum atomic E-state index is 12.1. The molecule has 0 aliphatic carbocycles. The topological polar surface area (TPSA) is 62.6 Å². The zero-order chi connectivity index (χ0) is 19.1. The van der Waals surface area contributed by atoms with Crippen LogP contribution in [0.4, 0.5) is 5.69 Å². The van der Waals surface area contributed by atoms with Crippen molar-refractivity contribution in [2.24, 2.45) is 0 Å². The minimum absolute atomic E-state index is 0.107. The molecule has 3 N–H and O–H groups in total. The molecule has 5 nitrogen and oxygen atoms in total. The molecule has 1 atom stereocenters. The van der Waals surface area contributed by atoms with Gasteiger partial charge in [-0.2, -0.15) is 0 Å². The first kappa shape index (κ1) is 20.5. The van der Waals surface area contributed by atoms with Gasteiger partial charge in [-0.3, -0.25) is 9.59 Å². The first-order valence-electron chi connectivity index (χ1n) is 7.91. The molecule has 0 aromatic heterocycles. The molecule has 138 valence electrons. The summed E-state index contributed by atoms with van der Waals surface area (Å²) in [5, 5.41) is 6.87. The van der Waals surface area contributed by atoms with Crippen molar-refractivity contribution in [1.29, 1.82) is 0 Å². The van der Waals surface area contributed by atoms with E-state index in [0.29, 0.717) is 27.3 Å². The summed E-state index contributed by atoms with van der Waals surface area (Å²) in [6, 6.07) is 12.2. The molecule has 0 saturated heterocycles. The van der Waals surface area contributed by atoms with E-state index in [0.717, 1.165) is 10.5 Å². The molecule has 2 rings (SSSR count). The van der Waals surface area contributed by atoms with Crippen LogP contribution in [0.3, 0.4) is 0 Å². The number of benzene rings is 2. The molecule has 26 heavy (non-hydrogen) atoms. The van der Waals surface area contributed by atoms with E-state index in [1.54, 1.807) is 37.4 Å². The number of hydrogen-bond donors (Lipinski definition) is 3. The van der Waals surface area contributed by atoms with Gasteiger partial charge in [-0.1, -0.05) is 53.0 Å². The Morgan fingerprint density at radius 2 is 1.50 bits per heavy atom. The van der Waals surface area contributed by atoms with E-state index in [1.807, 2.05) is 12.1 Å². The molecule has 0 heterocycles. The maximum absolute atomic E-state index is 12.1. The highest BCUT2D eigenvalue weighted by molar-refractivity contribution is 6.39. The highest BCUT2D eigenvalue weighted by Gasteiger charge is 2.16. The van der Waals surface area contributed by atoms with Crippen molar-refractivity contribution < 1.29 is 14.5 Å². The molecule has 0 fully saturated rings. The largest absolute Gasteiger partial charge is 0.347 e. The van der Waals surface area contributed by atoms with Crippen LogP contribution in [0.1, 0.15) is 5.56 Å². The molecule has 0 aliphatic heterocycles. The molecular formula is C18H19Cl3N3O2+. The maximum Gasteiger partial charge on any atom is 0.279 e. The summed E-state index contributed by atoms with van der Waals surface area (Å²) in [4.78, 5) is 24.9. The van der Waals surface area contributed by atoms with Gasteiger partial charge >= 0.3 is 0 Å². The number of amides is 2. The third-order valence-corrected chi connectivity index (χ3v) is 4.44. The highest BCUT2D eigenvalue weighted by atomic mass is 35.5. The molecule has 0 radical (unpaired) electrons. The van der Waals surface area contributed by atoms with Crippen molar-refractivity contribution in [2.45, 2.75) is 6.54 Å². The lowest BCUT2D eigenvalue weighted by Crippen LogP contribution is -3.11. The average molecular weight is 416 g/mol. The lowest BCUT2D eigenvalue weighted by atomic mass is 10.2. The second-order valence-electron chi connectivity index (χ2n) is 5.86. The van der Waals surface area contributed by atoms with E-state index >= 15 is 0 Å². The third-order valence-electron chi connectivity index (χ3n) is 3.55. The van der Waals surface area contributed by atoms with E-state index in [-0.39, 0.29) is 24.9 Å². The Bertz CT molecular complexity index is 762. The predicted molar refractivity (Wildman–Crippen MR) is 105 cm³/mol. The highest BCUT2D eigenvalue weighted by Crippen LogP contribution is 2.29. The van der Waals surface area contributed by atoms with Gasteiger partial charge in [0, 0.05) is 11.6 Å². The average Bonchev–Trinajstić information content (AvgIpc) is 2.57. The van der Waals surface area contributed by atoms with Crippen LogP contribution in [-0.4, -0.2) is 32.0 Å². The number of hydrogen-bond acceptors (Lipinski definition) is 2. The van der Waals surface area contributed by atoms with Crippen LogP contribution in [0.5, 0.6) is 0 Å². The summed E-state index contributed by atoms with van der Waals surface area (Å²) in [5.74, 6) is -0.427. The minimum atomic E-state index is -0.275. The number of carbonyl (C=O) groups is 2. The molecule has 0 spiro atoms. The smallest absolute Gasteiger partial charge is 0.279 e. The Balaban J connectivity index is 1.78. The third kappa shape index (κ3) is 6.50. The molecule has 8 heteroatoms. The van der Waals surface area contributed by atoms with Gasteiger partial charge in [0.1, 0.15) is 0 Å². The van der Waals surface area contributed by atoms with Gasteiger partial charge in [-0.05, 0) is 29.8 Å². The van der Waals surface area contributed by atoms with Crippen molar-refractivity contribution in [1.82, 2.24) is 5.32 Å². The van der Waals surface area contributed by atoms with E-state index in [2.05, 4.69) is 10.6 Å². The zero-order valence-corrected chi connectivity index (χ0v) is 16.4. The second kappa shape index (κ2) is 9.78. The van der Waals surface area contributed by atoms with Gasteiger partial charge in [-0.25, -0.2) is 0 Å². The number of quaternary nitrogens is 1. The Labute approximate surface area is 167 Å².